The maximum absolute atomic E-state index is 12.7. The quantitative estimate of drug-likeness (QED) is 0.780. The summed E-state index contributed by atoms with van der Waals surface area (Å²) < 4.78 is 2.14. The fourth-order valence-corrected chi connectivity index (χ4v) is 5.22. The van der Waals surface area contributed by atoms with Crippen molar-refractivity contribution in [2.75, 3.05) is 31.1 Å². The molecule has 0 aromatic carbocycles. The number of fused-ring (bicyclic) bond motifs is 1. The molecule has 2 aromatic heterocycles. The van der Waals surface area contributed by atoms with Gasteiger partial charge in [-0.05, 0) is 37.8 Å². The average Bonchev–Trinajstić information content (AvgIpc) is 3.55. The van der Waals surface area contributed by atoms with Crippen LogP contribution in [0.4, 0.5) is 5.13 Å². The summed E-state index contributed by atoms with van der Waals surface area (Å²) in [4.78, 5) is 22.0. The second-order valence-electron chi connectivity index (χ2n) is 7.74. The third-order valence-corrected chi connectivity index (χ3v) is 6.75. The number of carbonyl (C=O) groups excluding carboxylic acids is 1. The maximum atomic E-state index is 12.7. The monoisotopic (exact) mass is 428 g/mol. The van der Waals surface area contributed by atoms with Crippen LogP contribution < -0.4 is 15.5 Å². The van der Waals surface area contributed by atoms with Gasteiger partial charge in [-0.1, -0.05) is 13.8 Å². The van der Waals surface area contributed by atoms with Crippen LogP contribution in [0, 0.1) is 0 Å². The number of anilines is 1. The van der Waals surface area contributed by atoms with Gasteiger partial charge in [0.1, 0.15) is 11.9 Å². The Bertz CT molecular complexity index is 869. The first-order valence-electron chi connectivity index (χ1n) is 11.1. The van der Waals surface area contributed by atoms with Crippen LogP contribution in [0.2, 0.25) is 0 Å². The predicted octanol–water partition coefficient (Wildman–Crippen LogP) is 3.50. The summed E-state index contributed by atoms with van der Waals surface area (Å²) in [5.41, 5.74) is 1.79. The molecular formula is C22H32N6OS. The molecule has 8 heteroatoms. The van der Waals surface area contributed by atoms with Gasteiger partial charge in [-0.3, -0.25) is 9.69 Å². The van der Waals surface area contributed by atoms with E-state index < -0.39 is 0 Å². The Hall–Kier alpha value is -2.32. The third kappa shape index (κ3) is 4.39. The highest BCUT2D eigenvalue weighted by molar-refractivity contribution is 7.13. The van der Waals surface area contributed by atoms with Crippen molar-refractivity contribution in [2.45, 2.75) is 51.7 Å². The Labute approximate surface area is 182 Å². The smallest absolute Gasteiger partial charge is 0.271 e. The standard InChI is InChI=1S/C20H26N6OS.C2H6/c27-19(16-14-28-20(23-16)25-8-2-1-3-9-25)22-15-6-11-26(13-15)18-17-5-4-10-24(17)12-7-21-18;1-2/h4-5,7,10,12,14-15,18,21H,1-3,6,8-9,11,13H2,(H,22,27);1-2H3. The number of piperidine rings is 1. The largest absolute Gasteiger partial charge is 0.369 e. The van der Waals surface area contributed by atoms with Gasteiger partial charge in [0.2, 0.25) is 0 Å². The molecule has 162 valence electrons. The molecule has 0 radical (unpaired) electrons. The number of aromatic nitrogens is 2. The van der Waals surface area contributed by atoms with Crippen molar-refractivity contribution >= 4 is 28.6 Å². The molecule has 0 saturated carbocycles. The molecule has 2 aromatic rings. The first kappa shape index (κ1) is 20.9. The molecule has 3 aliphatic heterocycles. The number of likely N-dealkylation sites (tertiary alicyclic amines) is 1. The molecule has 2 fully saturated rings. The highest BCUT2D eigenvalue weighted by Gasteiger charge is 2.32. The summed E-state index contributed by atoms with van der Waals surface area (Å²) in [6, 6.07) is 4.37. The maximum Gasteiger partial charge on any atom is 0.271 e. The number of hydrogen-bond acceptors (Lipinski definition) is 6. The predicted molar refractivity (Wildman–Crippen MR) is 123 cm³/mol. The lowest BCUT2D eigenvalue weighted by atomic mass is 10.1. The van der Waals surface area contributed by atoms with Gasteiger partial charge < -0.3 is 20.1 Å². The summed E-state index contributed by atoms with van der Waals surface area (Å²) in [5.74, 6) is -0.0498. The second kappa shape index (κ2) is 9.66. The van der Waals surface area contributed by atoms with E-state index in [-0.39, 0.29) is 18.1 Å². The van der Waals surface area contributed by atoms with Crippen molar-refractivity contribution in [2.24, 2.45) is 0 Å². The minimum Gasteiger partial charge on any atom is -0.369 e. The van der Waals surface area contributed by atoms with Gasteiger partial charge in [0.05, 0.1) is 5.69 Å². The van der Waals surface area contributed by atoms with Gasteiger partial charge in [0.15, 0.2) is 5.13 Å². The summed E-state index contributed by atoms with van der Waals surface area (Å²) in [7, 11) is 0. The molecule has 2 atom stereocenters. The fraction of sp³-hybridized carbons (Fsp3) is 0.545. The molecule has 3 aliphatic rings. The molecule has 5 heterocycles. The van der Waals surface area contributed by atoms with Crippen LogP contribution in [-0.4, -0.2) is 52.6 Å². The zero-order chi connectivity index (χ0) is 20.9. The summed E-state index contributed by atoms with van der Waals surface area (Å²) >= 11 is 1.58. The van der Waals surface area contributed by atoms with Gasteiger partial charge in [0.25, 0.3) is 5.91 Å². The van der Waals surface area contributed by atoms with Crippen LogP contribution in [0.5, 0.6) is 0 Å². The first-order valence-corrected chi connectivity index (χ1v) is 12.0. The van der Waals surface area contributed by atoms with Crippen molar-refractivity contribution in [1.82, 2.24) is 25.1 Å². The average molecular weight is 429 g/mol. The van der Waals surface area contributed by atoms with Crippen LogP contribution in [0.3, 0.4) is 0 Å². The SMILES string of the molecule is CC.O=C(NC1CCN(C2NC=Cn3cccc32)C1)c1csc(N2CCCCC2)n1. The Morgan fingerprint density at radius 1 is 1.23 bits per heavy atom. The summed E-state index contributed by atoms with van der Waals surface area (Å²) in [6.07, 6.45) is 10.9. The molecule has 2 saturated heterocycles. The van der Waals surface area contributed by atoms with Crippen molar-refractivity contribution in [3.8, 4) is 0 Å². The Morgan fingerprint density at radius 3 is 2.90 bits per heavy atom. The summed E-state index contributed by atoms with van der Waals surface area (Å²) in [5, 5.41) is 9.51. The van der Waals surface area contributed by atoms with Crippen molar-refractivity contribution in [3.63, 3.8) is 0 Å². The van der Waals surface area contributed by atoms with Crippen molar-refractivity contribution in [3.05, 3.63) is 41.3 Å². The lowest BCUT2D eigenvalue weighted by molar-refractivity contribution is 0.0931. The molecule has 1 amide bonds. The van der Waals surface area contributed by atoms with Gasteiger partial charge in [-0.15, -0.1) is 11.3 Å². The van der Waals surface area contributed by atoms with E-state index in [1.807, 2.05) is 31.6 Å². The van der Waals surface area contributed by atoms with Crippen LogP contribution in [0.25, 0.3) is 6.20 Å². The van der Waals surface area contributed by atoms with E-state index in [1.165, 1.54) is 25.0 Å². The number of nitrogens with one attached hydrogen (secondary N) is 2. The van der Waals surface area contributed by atoms with Crippen molar-refractivity contribution in [1.29, 1.82) is 0 Å². The third-order valence-electron chi connectivity index (χ3n) is 5.85. The number of hydrogen-bond donors (Lipinski definition) is 2. The minimum atomic E-state index is -0.0498. The lowest BCUT2D eigenvalue weighted by Gasteiger charge is -2.31. The van der Waals surface area contributed by atoms with Gasteiger partial charge in [0, 0.05) is 56.2 Å². The fourth-order valence-electron chi connectivity index (χ4n) is 4.36. The normalized spacial score (nSPS) is 23.3. The van der Waals surface area contributed by atoms with E-state index >= 15 is 0 Å². The van der Waals surface area contributed by atoms with Crippen molar-refractivity contribution < 1.29 is 4.79 Å². The Morgan fingerprint density at radius 2 is 2.07 bits per heavy atom. The highest BCUT2D eigenvalue weighted by Crippen LogP contribution is 2.27. The minimum absolute atomic E-state index is 0.0498. The van der Waals surface area contributed by atoms with Gasteiger partial charge in [-0.25, -0.2) is 4.98 Å². The first-order chi connectivity index (χ1) is 14.8. The van der Waals surface area contributed by atoms with Crippen LogP contribution >= 0.6 is 11.3 Å². The van der Waals surface area contributed by atoms with Crippen LogP contribution in [0.15, 0.2) is 29.9 Å². The number of nitrogens with zero attached hydrogens (tertiary/aromatic N) is 4. The molecule has 2 N–H and O–H groups in total. The lowest BCUT2D eigenvalue weighted by Crippen LogP contribution is -2.41. The highest BCUT2D eigenvalue weighted by atomic mass is 32.1. The number of thiazole rings is 1. The van der Waals surface area contributed by atoms with Gasteiger partial charge >= 0.3 is 0 Å². The summed E-state index contributed by atoms with van der Waals surface area (Å²) in [6.45, 7) is 7.90. The van der Waals surface area contributed by atoms with Crippen LogP contribution in [-0.2, 0) is 0 Å². The number of rotatable bonds is 4. The molecule has 30 heavy (non-hydrogen) atoms. The zero-order valence-electron chi connectivity index (χ0n) is 17.9. The number of carbonyl (C=O) groups is 1. The Kier molecular flexibility index (Phi) is 6.74. The van der Waals surface area contributed by atoms with Crippen LogP contribution in [0.1, 0.15) is 61.9 Å². The topological polar surface area (TPSA) is 65.4 Å². The molecule has 7 nitrogen and oxygen atoms in total. The zero-order valence-corrected chi connectivity index (χ0v) is 18.7. The van der Waals surface area contributed by atoms with E-state index in [0.717, 1.165) is 37.7 Å². The molecule has 5 rings (SSSR count). The van der Waals surface area contributed by atoms with Gasteiger partial charge in [-0.2, -0.15) is 0 Å². The molecule has 0 spiro atoms. The molecular weight excluding hydrogens is 396 g/mol. The van der Waals surface area contributed by atoms with E-state index in [1.54, 1.807) is 11.3 Å². The van der Waals surface area contributed by atoms with E-state index in [9.17, 15) is 4.79 Å². The Balaban J connectivity index is 0.00000106. The van der Waals surface area contributed by atoms with E-state index in [4.69, 9.17) is 0 Å². The molecule has 2 unspecified atom stereocenters. The molecule has 0 aliphatic carbocycles. The second-order valence-corrected chi connectivity index (χ2v) is 8.58. The van der Waals surface area contributed by atoms with E-state index in [2.05, 4.69) is 48.3 Å². The molecule has 0 bridgehead atoms. The number of amides is 1. The van der Waals surface area contributed by atoms with E-state index in [0.29, 0.717) is 5.69 Å².